The SMILES string of the molecule is C=C1CN2C(=O)[C@@H](N3C(=O)OC[C@@H]3c3ccccc3)[C@H]2[C@@H]1Cc1ccccc1. The standard InChI is InChI=1S/C23H22N2O3/c1-15-13-24-20(18(15)12-16-8-4-2-5-9-16)21(22(24)26)25-19(14-28-23(25)27)17-10-6-3-7-11-17/h2-11,18-21H,1,12-14H2/t18-,19-,20-,21+/m1/s1. The van der Waals surface area contributed by atoms with E-state index < -0.39 is 12.1 Å². The molecule has 5 heteroatoms. The average molecular weight is 374 g/mol. The number of hydrogen-bond acceptors (Lipinski definition) is 3. The molecule has 0 aliphatic carbocycles. The number of nitrogens with zero attached hydrogens (tertiary/aromatic N) is 2. The minimum absolute atomic E-state index is 0.00138. The van der Waals surface area contributed by atoms with E-state index in [0.29, 0.717) is 6.54 Å². The number of rotatable bonds is 4. The van der Waals surface area contributed by atoms with Gasteiger partial charge in [-0.15, -0.1) is 0 Å². The van der Waals surface area contributed by atoms with Gasteiger partial charge in [0.1, 0.15) is 12.6 Å². The topological polar surface area (TPSA) is 49.9 Å². The number of β-lactam (4-membered cyclic amide) rings is 1. The summed E-state index contributed by atoms with van der Waals surface area (Å²) in [6.45, 7) is 5.10. The molecule has 5 nitrogen and oxygen atoms in total. The molecule has 3 saturated heterocycles. The molecule has 142 valence electrons. The van der Waals surface area contributed by atoms with Crippen LogP contribution in [0, 0.1) is 5.92 Å². The Morgan fingerprint density at radius 2 is 1.68 bits per heavy atom. The molecule has 0 saturated carbocycles. The molecule has 3 aliphatic rings. The smallest absolute Gasteiger partial charge is 0.411 e. The van der Waals surface area contributed by atoms with Gasteiger partial charge in [-0.1, -0.05) is 72.8 Å². The van der Waals surface area contributed by atoms with E-state index in [1.54, 1.807) is 4.90 Å². The number of fused-ring (bicyclic) bond motifs is 1. The predicted octanol–water partition coefficient (Wildman–Crippen LogP) is 3.19. The zero-order valence-corrected chi connectivity index (χ0v) is 15.5. The van der Waals surface area contributed by atoms with E-state index in [1.807, 2.05) is 53.4 Å². The molecule has 4 atom stereocenters. The fourth-order valence-corrected chi connectivity index (χ4v) is 4.84. The van der Waals surface area contributed by atoms with Crippen LogP contribution in [0.25, 0.3) is 0 Å². The van der Waals surface area contributed by atoms with Crippen LogP contribution in [0.3, 0.4) is 0 Å². The lowest BCUT2D eigenvalue weighted by Gasteiger charge is -2.49. The van der Waals surface area contributed by atoms with Crippen molar-refractivity contribution in [3.8, 4) is 0 Å². The Morgan fingerprint density at radius 1 is 1.00 bits per heavy atom. The van der Waals surface area contributed by atoms with Gasteiger partial charge in [-0.25, -0.2) is 4.79 Å². The third-order valence-corrected chi connectivity index (χ3v) is 6.22. The zero-order valence-electron chi connectivity index (χ0n) is 15.5. The minimum atomic E-state index is -0.479. The van der Waals surface area contributed by atoms with Crippen molar-refractivity contribution in [2.75, 3.05) is 13.2 Å². The molecule has 3 heterocycles. The fraction of sp³-hybridized carbons (Fsp3) is 0.304. The Hall–Kier alpha value is -3.08. The van der Waals surface area contributed by atoms with Crippen LogP contribution in [0.5, 0.6) is 0 Å². The van der Waals surface area contributed by atoms with E-state index in [1.165, 1.54) is 5.56 Å². The van der Waals surface area contributed by atoms with Crippen LogP contribution in [0.15, 0.2) is 72.8 Å². The van der Waals surface area contributed by atoms with E-state index in [2.05, 4.69) is 18.7 Å². The molecule has 2 amide bonds. The Morgan fingerprint density at radius 3 is 2.39 bits per heavy atom. The molecule has 3 aliphatic heterocycles. The summed E-state index contributed by atoms with van der Waals surface area (Å²) in [4.78, 5) is 29.0. The molecule has 2 aromatic rings. The molecule has 0 aromatic heterocycles. The van der Waals surface area contributed by atoms with Crippen LogP contribution in [0.1, 0.15) is 17.2 Å². The molecular formula is C23H22N2O3. The summed E-state index contributed by atoms with van der Waals surface area (Å²) in [6, 6.07) is 19.3. The first-order valence-corrected chi connectivity index (χ1v) is 9.67. The maximum absolute atomic E-state index is 12.9. The highest BCUT2D eigenvalue weighted by Crippen LogP contribution is 2.45. The van der Waals surface area contributed by atoms with Crippen LogP contribution in [-0.2, 0) is 16.0 Å². The van der Waals surface area contributed by atoms with Gasteiger partial charge in [0, 0.05) is 12.5 Å². The lowest BCUT2D eigenvalue weighted by atomic mass is 9.81. The molecule has 0 unspecified atom stereocenters. The van der Waals surface area contributed by atoms with E-state index >= 15 is 0 Å². The number of ether oxygens (including phenoxy) is 1. The second-order valence-corrected chi connectivity index (χ2v) is 7.77. The zero-order chi connectivity index (χ0) is 19.3. The van der Waals surface area contributed by atoms with Gasteiger partial charge in [0.05, 0.1) is 12.1 Å². The highest BCUT2D eigenvalue weighted by Gasteiger charge is 2.61. The second kappa shape index (κ2) is 6.51. The van der Waals surface area contributed by atoms with Gasteiger partial charge >= 0.3 is 6.09 Å². The largest absolute Gasteiger partial charge is 0.447 e. The normalized spacial score (nSPS) is 28.9. The molecule has 28 heavy (non-hydrogen) atoms. The van der Waals surface area contributed by atoms with Crippen molar-refractivity contribution in [1.82, 2.24) is 9.80 Å². The third-order valence-electron chi connectivity index (χ3n) is 6.22. The maximum Gasteiger partial charge on any atom is 0.411 e. The first-order chi connectivity index (χ1) is 13.6. The summed E-state index contributed by atoms with van der Waals surface area (Å²) in [5, 5.41) is 0. The van der Waals surface area contributed by atoms with Gasteiger partial charge in [0.25, 0.3) is 0 Å². The summed E-state index contributed by atoms with van der Waals surface area (Å²) in [5.74, 6) is 0.149. The Kier molecular flexibility index (Phi) is 3.97. The van der Waals surface area contributed by atoms with Crippen molar-refractivity contribution in [2.24, 2.45) is 5.92 Å². The van der Waals surface area contributed by atoms with E-state index in [4.69, 9.17) is 4.74 Å². The fourth-order valence-electron chi connectivity index (χ4n) is 4.84. The van der Waals surface area contributed by atoms with Crippen LogP contribution in [0.2, 0.25) is 0 Å². The number of amides is 2. The van der Waals surface area contributed by atoms with Gasteiger partial charge in [0.15, 0.2) is 0 Å². The molecular weight excluding hydrogens is 352 g/mol. The molecule has 5 rings (SSSR count). The summed E-state index contributed by atoms with van der Waals surface area (Å²) < 4.78 is 5.36. The Bertz CT molecular complexity index is 927. The van der Waals surface area contributed by atoms with Crippen molar-refractivity contribution in [2.45, 2.75) is 24.5 Å². The van der Waals surface area contributed by atoms with Gasteiger partial charge in [0.2, 0.25) is 5.91 Å². The summed E-state index contributed by atoms with van der Waals surface area (Å²) in [5.41, 5.74) is 3.28. The molecule has 0 spiro atoms. The minimum Gasteiger partial charge on any atom is -0.447 e. The average Bonchev–Trinajstić information content (AvgIpc) is 3.23. The van der Waals surface area contributed by atoms with Crippen molar-refractivity contribution in [3.05, 3.63) is 83.9 Å². The maximum atomic E-state index is 12.9. The van der Waals surface area contributed by atoms with E-state index in [9.17, 15) is 9.59 Å². The summed E-state index contributed by atoms with van der Waals surface area (Å²) in [7, 11) is 0. The highest BCUT2D eigenvalue weighted by atomic mass is 16.6. The van der Waals surface area contributed by atoms with Crippen molar-refractivity contribution in [1.29, 1.82) is 0 Å². The van der Waals surface area contributed by atoms with Crippen LogP contribution in [-0.4, -0.2) is 47.0 Å². The second-order valence-electron chi connectivity index (χ2n) is 7.77. The summed E-state index contributed by atoms with van der Waals surface area (Å²) in [6.07, 6.45) is 0.423. The molecule has 0 bridgehead atoms. The van der Waals surface area contributed by atoms with Crippen LogP contribution < -0.4 is 0 Å². The van der Waals surface area contributed by atoms with E-state index in [0.717, 1.165) is 17.6 Å². The first-order valence-electron chi connectivity index (χ1n) is 9.67. The molecule has 0 N–H and O–H groups in total. The number of cyclic esters (lactones) is 1. The van der Waals surface area contributed by atoms with Gasteiger partial charge in [-0.2, -0.15) is 0 Å². The van der Waals surface area contributed by atoms with Crippen LogP contribution in [0.4, 0.5) is 4.79 Å². The number of hydrogen-bond donors (Lipinski definition) is 0. The van der Waals surface area contributed by atoms with Crippen molar-refractivity contribution >= 4 is 12.0 Å². The lowest BCUT2D eigenvalue weighted by molar-refractivity contribution is -0.155. The van der Waals surface area contributed by atoms with Gasteiger partial charge in [-0.05, 0) is 17.5 Å². The lowest BCUT2D eigenvalue weighted by Crippen LogP contribution is -2.70. The Balaban J connectivity index is 1.45. The first kappa shape index (κ1) is 17.0. The van der Waals surface area contributed by atoms with E-state index in [-0.39, 0.29) is 30.5 Å². The number of carbonyl (C=O) groups excluding carboxylic acids is 2. The highest BCUT2D eigenvalue weighted by molar-refractivity contribution is 5.94. The van der Waals surface area contributed by atoms with Gasteiger partial charge in [-0.3, -0.25) is 9.69 Å². The Labute approximate surface area is 164 Å². The quantitative estimate of drug-likeness (QED) is 0.610. The van der Waals surface area contributed by atoms with Crippen LogP contribution >= 0.6 is 0 Å². The molecule has 3 fully saturated rings. The van der Waals surface area contributed by atoms with Crippen molar-refractivity contribution in [3.63, 3.8) is 0 Å². The molecule has 2 aromatic carbocycles. The monoisotopic (exact) mass is 374 g/mol. The third kappa shape index (κ3) is 2.53. The number of benzene rings is 2. The molecule has 0 radical (unpaired) electrons. The summed E-state index contributed by atoms with van der Waals surface area (Å²) >= 11 is 0. The predicted molar refractivity (Wildman–Crippen MR) is 104 cm³/mol. The van der Waals surface area contributed by atoms with Gasteiger partial charge < -0.3 is 9.64 Å². The number of carbonyl (C=O) groups is 2. The van der Waals surface area contributed by atoms with Crippen molar-refractivity contribution < 1.29 is 14.3 Å².